The van der Waals surface area contributed by atoms with E-state index in [-0.39, 0.29) is 24.3 Å². The summed E-state index contributed by atoms with van der Waals surface area (Å²) in [6.07, 6.45) is -0.713. The third kappa shape index (κ3) is 1.29. The number of carbonyl (C=O) groups is 1. The molecule has 0 aliphatic carbocycles. The van der Waals surface area contributed by atoms with E-state index in [1.54, 1.807) is 6.92 Å². The third-order valence-corrected chi connectivity index (χ3v) is 1.45. The monoisotopic (exact) mass is 144 g/mol. The van der Waals surface area contributed by atoms with Crippen LogP contribution in [0.2, 0.25) is 0 Å². The van der Waals surface area contributed by atoms with E-state index in [4.69, 9.17) is 9.47 Å². The van der Waals surface area contributed by atoms with Crippen LogP contribution in [0.5, 0.6) is 0 Å². The summed E-state index contributed by atoms with van der Waals surface area (Å²) in [5, 5.41) is 0. The summed E-state index contributed by atoms with van der Waals surface area (Å²) in [5.74, 6) is -0.00685. The third-order valence-electron chi connectivity index (χ3n) is 1.45. The average Bonchev–Trinajstić information content (AvgIpc) is 2.13. The molecule has 0 saturated carbocycles. The van der Waals surface area contributed by atoms with Crippen molar-refractivity contribution in [1.82, 2.24) is 0 Å². The van der Waals surface area contributed by atoms with Crippen LogP contribution in [-0.4, -0.2) is 18.4 Å². The molecule has 0 bridgehead atoms. The van der Waals surface area contributed by atoms with E-state index in [2.05, 4.69) is 0 Å². The lowest BCUT2D eigenvalue weighted by Gasteiger charge is -2.11. The van der Waals surface area contributed by atoms with Crippen molar-refractivity contribution < 1.29 is 14.3 Å². The van der Waals surface area contributed by atoms with E-state index < -0.39 is 0 Å². The Balaban J connectivity index is 2.49. The van der Waals surface area contributed by atoms with Crippen molar-refractivity contribution in [3.63, 3.8) is 0 Å². The van der Waals surface area contributed by atoms with Crippen LogP contribution in [0.3, 0.4) is 0 Å². The fourth-order valence-electron chi connectivity index (χ4n) is 0.788. The molecular weight excluding hydrogens is 132 g/mol. The Morgan fingerprint density at radius 3 is 2.30 bits per heavy atom. The van der Waals surface area contributed by atoms with Crippen molar-refractivity contribution in [3.8, 4) is 0 Å². The number of esters is 1. The van der Waals surface area contributed by atoms with Gasteiger partial charge in [-0.3, -0.25) is 0 Å². The van der Waals surface area contributed by atoms with Gasteiger partial charge in [-0.05, 0) is 6.92 Å². The topological polar surface area (TPSA) is 35.5 Å². The van der Waals surface area contributed by atoms with Gasteiger partial charge in [0.25, 0.3) is 0 Å². The molecule has 0 aromatic heterocycles. The van der Waals surface area contributed by atoms with Crippen molar-refractivity contribution in [1.29, 1.82) is 0 Å². The normalized spacial score (nSPS) is 33.0. The highest BCUT2D eigenvalue weighted by atomic mass is 16.8. The predicted octanol–water partition coefficient (Wildman–Crippen LogP) is 0.930. The molecule has 0 amide bonds. The van der Waals surface area contributed by atoms with Crippen LogP contribution >= 0.6 is 0 Å². The molecule has 0 radical (unpaired) electrons. The zero-order valence-corrected chi connectivity index (χ0v) is 6.46. The molecule has 1 aliphatic heterocycles. The van der Waals surface area contributed by atoms with Gasteiger partial charge in [-0.1, -0.05) is 13.8 Å². The second-order valence-electron chi connectivity index (χ2n) is 2.83. The largest absolute Gasteiger partial charge is 0.434 e. The molecule has 0 spiro atoms. The lowest BCUT2D eigenvalue weighted by Crippen LogP contribution is -2.16. The average molecular weight is 144 g/mol. The fourth-order valence-corrected chi connectivity index (χ4v) is 0.788. The van der Waals surface area contributed by atoms with Crippen LogP contribution in [0, 0.1) is 5.92 Å². The highest BCUT2D eigenvalue weighted by molar-refractivity contribution is 5.75. The molecule has 1 heterocycles. The first-order valence-corrected chi connectivity index (χ1v) is 3.47. The first-order valence-electron chi connectivity index (χ1n) is 3.47. The van der Waals surface area contributed by atoms with Gasteiger partial charge in [0, 0.05) is 5.92 Å². The van der Waals surface area contributed by atoms with Crippen molar-refractivity contribution in [2.45, 2.75) is 33.2 Å². The standard InChI is InChI=1S/C7H12O3/c1-4(2)7-9-5(3)6(8)10-7/h4-5,7H,1-3H3/t5-,7-/m1/s1. The van der Waals surface area contributed by atoms with E-state index in [0.29, 0.717) is 0 Å². The highest BCUT2D eigenvalue weighted by Gasteiger charge is 2.33. The van der Waals surface area contributed by atoms with Gasteiger partial charge in [-0.15, -0.1) is 0 Å². The van der Waals surface area contributed by atoms with Crippen LogP contribution in [0.1, 0.15) is 20.8 Å². The SMILES string of the molecule is CC(C)[C@H]1OC(=O)[C@@H](C)O1. The molecule has 1 rings (SSSR count). The molecule has 58 valence electrons. The maximum absolute atomic E-state index is 10.7. The smallest absolute Gasteiger partial charge is 0.337 e. The summed E-state index contributed by atoms with van der Waals surface area (Å²) >= 11 is 0. The second-order valence-corrected chi connectivity index (χ2v) is 2.83. The summed E-state index contributed by atoms with van der Waals surface area (Å²) in [4.78, 5) is 10.7. The van der Waals surface area contributed by atoms with E-state index >= 15 is 0 Å². The summed E-state index contributed by atoms with van der Waals surface area (Å²) in [7, 11) is 0. The van der Waals surface area contributed by atoms with E-state index in [1.165, 1.54) is 0 Å². The van der Waals surface area contributed by atoms with Gasteiger partial charge in [0.2, 0.25) is 6.29 Å². The molecule has 3 nitrogen and oxygen atoms in total. The summed E-state index contributed by atoms with van der Waals surface area (Å²) in [5.41, 5.74) is 0. The Labute approximate surface area is 60.3 Å². The van der Waals surface area contributed by atoms with Crippen LogP contribution < -0.4 is 0 Å². The molecule has 1 saturated heterocycles. The molecule has 2 atom stereocenters. The molecule has 1 aliphatic rings. The van der Waals surface area contributed by atoms with Crippen molar-refractivity contribution >= 4 is 5.97 Å². The predicted molar refractivity (Wildman–Crippen MR) is 35.3 cm³/mol. The van der Waals surface area contributed by atoms with E-state index in [0.717, 1.165) is 0 Å². The number of hydrogen-bond donors (Lipinski definition) is 0. The van der Waals surface area contributed by atoms with Gasteiger partial charge < -0.3 is 9.47 Å². The Morgan fingerprint density at radius 2 is 2.10 bits per heavy atom. The maximum Gasteiger partial charge on any atom is 0.337 e. The minimum atomic E-state index is -0.382. The van der Waals surface area contributed by atoms with E-state index in [1.807, 2.05) is 13.8 Å². The van der Waals surface area contributed by atoms with Crippen molar-refractivity contribution in [3.05, 3.63) is 0 Å². The number of rotatable bonds is 1. The van der Waals surface area contributed by atoms with Gasteiger partial charge in [-0.2, -0.15) is 0 Å². The summed E-state index contributed by atoms with van der Waals surface area (Å²) in [6, 6.07) is 0. The molecule has 0 aromatic rings. The summed E-state index contributed by atoms with van der Waals surface area (Å²) < 4.78 is 10.0. The minimum absolute atomic E-state index is 0.244. The van der Waals surface area contributed by atoms with Crippen LogP contribution in [0.25, 0.3) is 0 Å². The molecule has 0 unspecified atom stereocenters. The molecule has 10 heavy (non-hydrogen) atoms. The first-order chi connectivity index (χ1) is 4.61. The zero-order chi connectivity index (χ0) is 7.72. The second kappa shape index (κ2) is 2.58. The zero-order valence-electron chi connectivity index (χ0n) is 6.46. The number of cyclic esters (lactones) is 1. The lowest BCUT2D eigenvalue weighted by atomic mass is 10.2. The van der Waals surface area contributed by atoms with Crippen molar-refractivity contribution in [2.24, 2.45) is 5.92 Å². The Hall–Kier alpha value is -0.570. The Morgan fingerprint density at radius 1 is 1.50 bits per heavy atom. The molecule has 1 fully saturated rings. The fraction of sp³-hybridized carbons (Fsp3) is 0.857. The Bertz CT molecular complexity index is 142. The highest BCUT2D eigenvalue weighted by Crippen LogP contribution is 2.18. The van der Waals surface area contributed by atoms with E-state index in [9.17, 15) is 4.79 Å². The van der Waals surface area contributed by atoms with Gasteiger partial charge in [0.05, 0.1) is 0 Å². The minimum Gasteiger partial charge on any atom is -0.434 e. The maximum atomic E-state index is 10.7. The first kappa shape index (κ1) is 7.54. The van der Waals surface area contributed by atoms with Gasteiger partial charge in [-0.25, -0.2) is 4.79 Å². The van der Waals surface area contributed by atoms with Crippen molar-refractivity contribution in [2.75, 3.05) is 0 Å². The van der Waals surface area contributed by atoms with Crippen LogP contribution in [-0.2, 0) is 14.3 Å². The molecule has 3 heteroatoms. The lowest BCUT2D eigenvalue weighted by molar-refractivity contribution is -0.146. The van der Waals surface area contributed by atoms with Gasteiger partial charge >= 0.3 is 5.97 Å². The summed E-state index contributed by atoms with van der Waals surface area (Å²) in [6.45, 7) is 5.61. The quantitative estimate of drug-likeness (QED) is 0.513. The molecule has 0 aromatic carbocycles. The van der Waals surface area contributed by atoms with Gasteiger partial charge in [0.15, 0.2) is 6.10 Å². The molecular formula is C7H12O3. The Kier molecular flexibility index (Phi) is 1.94. The van der Waals surface area contributed by atoms with Crippen LogP contribution in [0.15, 0.2) is 0 Å². The number of hydrogen-bond acceptors (Lipinski definition) is 3. The van der Waals surface area contributed by atoms with Crippen LogP contribution in [0.4, 0.5) is 0 Å². The number of carbonyl (C=O) groups excluding carboxylic acids is 1. The number of ether oxygens (including phenoxy) is 2. The molecule has 0 N–H and O–H groups in total. The van der Waals surface area contributed by atoms with Gasteiger partial charge in [0.1, 0.15) is 0 Å².